The summed E-state index contributed by atoms with van der Waals surface area (Å²) in [7, 11) is 0. The Morgan fingerprint density at radius 1 is 0.857 bits per heavy atom. The lowest BCUT2D eigenvalue weighted by Gasteiger charge is -2.62. The second kappa shape index (κ2) is 7.26. The first-order chi connectivity index (χ1) is 13.7. The van der Waals surface area contributed by atoms with Crippen LogP contribution in [0.25, 0.3) is 0 Å². The molecule has 2 heteroatoms. The van der Waals surface area contributed by atoms with E-state index in [0.717, 1.165) is 12.0 Å². The summed E-state index contributed by atoms with van der Waals surface area (Å²) < 4.78 is 6.57. The van der Waals surface area contributed by atoms with E-state index in [9.17, 15) is 5.26 Å². The van der Waals surface area contributed by atoms with Gasteiger partial charge in [0.25, 0.3) is 0 Å². The minimum absolute atomic E-state index is 0.265. The highest BCUT2D eigenvalue weighted by molar-refractivity contribution is 5.51. The zero-order valence-electron chi connectivity index (χ0n) is 16.4. The van der Waals surface area contributed by atoms with Crippen molar-refractivity contribution in [3.05, 3.63) is 107 Å². The number of hydrogen-bond donors (Lipinski definition) is 0. The fraction of sp³-hybridized carbons (Fsp3) is 0.269. The Labute approximate surface area is 167 Å². The van der Waals surface area contributed by atoms with Crippen LogP contribution in [0.15, 0.2) is 84.9 Å². The molecular formula is C26H25NO. The first-order valence-electron chi connectivity index (χ1n) is 9.94. The van der Waals surface area contributed by atoms with Gasteiger partial charge in [0.15, 0.2) is 0 Å². The zero-order valence-corrected chi connectivity index (χ0v) is 16.4. The fourth-order valence-corrected chi connectivity index (χ4v) is 4.84. The van der Waals surface area contributed by atoms with Gasteiger partial charge >= 0.3 is 0 Å². The predicted octanol–water partition coefficient (Wildman–Crippen LogP) is 5.82. The van der Waals surface area contributed by atoms with Crippen molar-refractivity contribution in [2.24, 2.45) is 5.92 Å². The molecule has 0 radical (unpaired) electrons. The Kier molecular flexibility index (Phi) is 4.79. The molecule has 2 nitrogen and oxygen atoms in total. The minimum Gasteiger partial charge on any atom is -0.367 e. The van der Waals surface area contributed by atoms with E-state index in [-0.39, 0.29) is 5.41 Å². The van der Waals surface area contributed by atoms with Gasteiger partial charge in [0.1, 0.15) is 5.60 Å². The average Bonchev–Trinajstić information content (AvgIpc) is 2.75. The first kappa shape index (κ1) is 18.5. The second-order valence-electron chi connectivity index (χ2n) is 7.66. The van der Waals surface area contributed by atoms with Crippen LogP contribution in [0.2, 0.25) is 0 Å². The number of ether oxygens (including phenoxy) is 1. The third-order valence-electron chi connectivity index (χ3n) is 6.43. The molecule has 0 bridgehead atoms. The van der Waals surface area contributed by atoms with Crippen LogP contribution < -0.4 is 0 Å². The van der Waals surface area contributed by atoms with Crippen molar-refractivity contribution in [3.63, 3.8) is 0 Å². The van der Waals surface area contributed by atoms with Gasteiger partial charge in [0.2, 0.25) is 0 Å². The number of nitrogens with zero attached hydrogens (tertiary/aromatic N) is 1. The largest absolute Gasteiger partial charge is 0.367 e. The molecule has 1 saturated heterocycles. The summed E-state index contributed by atoms with van der Waals surface area (Å²) in [5.41, 5.74) is 3.62. The third-order valence-corrected chi connectivity index (χ3v) is 6.43. The zero-order chi connectivity index (χ0) is 19.6. The predicted molar refractivity (Wildman–Crippen MR) is 112 cm³/mol. The highest BCUT2D eigenvalue weighted by Crippen LogP contribution is 2.61. The molecule has 1 fully saturated rings. The van der Waals surface area contributed by atoms with Crippen molar-refractivity contribution in [3.8, 4) is 6.07 Å². The lowest BCUT2D eigenvalue weighted by atomic mass is 9.53. The highest BCUT2D eigenvalue weighted by Gasteiger charge is 2.65. The summed E-state index contributed by atoms with van der Waals surface area (Å²) in [5, 5.41) is 9.24. The summed E-state index contributed by atoms with van der Waals surface area (Å²) in [6.45, 7) is 5.14. The van der Waals surface area contributed by atoms with Gasteiger partial charge in [-0.05, 0) is 34.7 Å². The van der Waals surface area contributed by atoms with Gasteiger partial charge in [-0.3, -0.25) is 0 Å². The molecule has 1 aliphatic rings. The lowest BCUT2D eigenvalue weighted by Crippen LogP contribution is -2.67. The van der Waals surface area contributed by atoms with Gasteiger partial charge in [-0.1, -0.05) is 93.1 Å². The lowest BCUT2D eigenvalue weighted by molar-refractivity contribution is -0.246. The molecule has 2 atom stereocenters. The van der Waals surface area contributed by atoms with Crippen molar-refractivity contribution < 1.29 is 4.74 Å². The molecule has 0 spiro atoms. The smallest absolute Gasteiger partial charge is 0.112 e. The van der Waals surface area contributed by atoms with E-state index in [0.29, 0.717) is 18.1 Å². The number of nitriles is 1. The monoisotopic (exact) mass is 367 g/mol. The van der Waals surface area contributed by atoms with Crippen LogP contribution in [0.1, 0.15) is 42.5 Å². The van der Waals surface area contributed by atoms with Crippen LogP contribution in [0.5, 0.6) is 0 Å². The van der Waals surface area contributed by atoms with E-state index >= 15 is 0 Å². The maximum atomic E-state index is 9.24. The maximum Gasteiger partial charge on any atom is 0.112 e. The van der Waals surface area contributed by atoms with E-state index in [1.165, 1.54) is 11.1 Å². The van der Waals surface area contributed by atoms with E-state index in [1.54, 1.807) is 0 Å². The number of hydrogen-bond acceptors (Lipinski definition) is 2. The summed E-state index contributed by atoms with van der Waals surface area (Å²) in [4.78, 5) is 0. The van der Waals surface area contributed by atoms with Crippen LogP contribution in [0.3, 0.4) is 0 Å². The molecule has 3 aromatic carbocycles. The van der Waals surface area contributed by atoms with Crippen molar-refractivity contribution >= 4 is 0 Å². The van der Waals surface area contributed by atoms with Crippen molar-refractivity contribution in [1.82, 2.24) is 0 Å². The molecule has 140 valence electrons. The van der Waals surface area contributed by atoms with Crippen molar-refractivity contribution in [1.29, 1.82) is 5.26 Å². The molecule has 0 N–H and O–H groups in total. The molecule has 3 aromatic rings. The molecule has 0 amide bonds. The normalized spacial score (nSPS) is 21.3. The quantitative estimate of drug-likeness (QED) is 0.569. The van der Waals surface area contributed by atoms with Gasteiger partial charge in [-0.25, -0.2) is 0 Å². The molecule has 1 heterocycles. The maximum absolute atomic E-state index is 9.24. The summed E-state index contributed by atoms with van der Waals surface area (Å²) in [5.74, 6) is 0.301. The van der Waals surface area contributed by atoms with E-state index < -0.39 is 5.60 Å². The van der Waals surface area contributed by atoms with Crippen LogP contribution >= 0.6 is 0 Å². The van der Waals surface area contributed by atoms with Crippen molar-refractivity contribution in [2.45, 2.75) is 31.3 Å². The molecule has 28 heavy (non-hydrogen) atoms. The molecule has 0 aliphatic carbocycles. The van der Waals surface area contributed by atoms with Gasteiger partial charge < -0.3 is 4.74 Å². The van der Waals surface area contributed by atoms with Crippen LogP contribution in [0.4, 0.5) is 0 Å². The first-order valence-corrected chi connectivity index (χ1v) is 9.94. The van der Waals surface area contributed by atoms with E-state index in [2.05, 4.69) is 92.7 Å². The Bertz CT molecular complexity index is 933. The minimum atomic E-state index is -0.474. The van der Waals surface area contributed by atoms with Crippen LogP contribution in [-0.2, 0) is 15.8 Å². The van der Waals surface area contributed by atoms with Gasteiger partial charge in [0.05, 0.1) is 23.7 Å². The molecular weight excluding hydrogens is 342 g/mol. The standard InChI is InChI=1S/C26H25NO/c1-3-20(2)26(24-16-14-21(18-27)15-17-24)25(19-28-26,22-10-6-4-7-11-22)23-12-8-5-9-13-23/h4-17,20H,3,19H2,1-2H3/t20-,26+/m0/s1. The number of rotatable bonds is 5. The van der Waals surface area contributed by atoms with Crippen LogP contribution in [-0.4, -0.2) is 6.61 Å². The topological polar surface area (TPSA) is 33.0 Å². The summed E-state index contributed by atoms with van der Waals surface area (Å²) in [6, 6.07) is 31.6. The van der Waals surface area contributed by atoms with Gasteiger partial charge in [0, 0.05) is 0 Å². The summed E-state index contributed by atoms with van der Waals surface area (Å²) >= 11 is 0. The van der Waals surface area contributed by atoms with Gasteiger partial charge in [-0.2, -0.15) is 5.26 Å². The average molecular weight is 367 g/mol. The SMILES string of the molecule is CC[C@H](C)[C@]1(c2ccc(C#N)cc2)OCC1(c1ccccc1)c1ccccc1. The van der Waals surface area contributed by atoms with E-state index in [4.69, 9.17) is 4.74 Å². The number of benzene rings is 3. The molecule has 0 saturated carbocycles. The molecule has 0 unspecified atom stereocenters. The summed E-state index contributed by atoms with van der Waals surface area (Å²) in [6.07, 6.45) is 1.00. The van der Waals surface area contributed by atoms with Gasteiger partial charge in [-0.15, -0.1) is 0 Å². The van der Waals surface area contributed by atoms with Crippen LogP contribution in [0, 0.1) is 17.2 Å². The Morgan fingerprint density at radius 3 is 1.79 bits per heavy atom. The fourth-order valence-electron chi connectivity index (χ4n) is 4.84. The molecule has 0 aromatic heterocycles. The third kappa shape index (κ3) is 2.51. The van der Waals surface area contributed by atoms with E-state index in [1.807, 2.05) is 12.1 Å². The Hall–Kier alpha value is -2.89. The van der Waals surface area contributed by atoms with Crippen molar-refractivity contribution in [2.75, 3.05) is 6.61 Å². The molecule has 1 aliphatic heterocycles. The Morgan fingerprint density at radius 2 is 1.39 bits per heavy atom. The molecule has 4 rings (SSSR count). The second-order valence-corrected chi connectivity index (χ2v) is 7.66. The highest BCUT2D eigenvalue weighted by atomic mass is 16.5. The Balaban J connectivity index is 2.00.